The molecule has 0 aliphatic heterocycles. The van der Waals surface area contributed by atoms with Gasteiger partial charge in [-0.2, -0.15) is 0 Å². The third-order valence-corrected chi connectivity index (χ3v) is 6.04. The SMILES string of the molecule is C1=c2cc(-c3cc4c(s3)=CCCC=4)sc2=CCC1. The molecule has 2 aliphatic rings. The van der Waals surface area contributed by atoms with Gasteiger partial charge < -0.3 is 0 Å². The van der Waals surface area contributed by atoms with Gasteiger partial charge in [-0.25, -0.2) is 0 Å². The lowest BCUT2D eigenvalue weighted by atomic mass is 10.1. The minimum absolute atomic E-state index is 1.20. The van der Waals surface area contributed by atoms with Crippen molar-refractivity contribution in [2.75, 3.05) is 0 Å². The van der Waals surface area contributed by atoms with Crippen LogP contribution in [0, 0.1) is 0 Å². The topological polar surface area (TPSA) is 0 Å². The van der Waals surface area contributed by atoms with Crippen LogP contribution in [0.1, 0.15) is 25.7 Å². The summed E-state index contributed by atoms with van der Waals surface area (Å²) in [4.78, 5) is 2.88. The van der Waals surface area contributed by atoms with E-state index in [0.717, 1.165) is 0 Å². The quantitative estimate of drug-likeness (QED) is 0.745. The molecule has 0 aromatic carbocycles. The zero-order valence-electron chi connectivity index (χ0n) is 10.1. The lowest BCUT2D eigenvalue weighted by Gasteiger charge is -1.90. The van der Waals surface area contributed by atoms with Gasteiger partial charge in [-0.1, -0.05) is 24.3 Å². The summed E-state index contributed by atoms with van der Waals surface area (Å²) in [6.07, 6.45) is 14.3. The van der Waals surface area contributed by atoms with Crippen molar-refractivity contribution in [1.82, 2.24) is 0 Å². The Morgan fingerprint density at radius 2 is 1.06 bits per heavy atom. The Bertz CT molecular complexity index is 692. The van der Waals surface area contributed by atoms with E-state index in [4.69, 9.17) is 0 Å². The van der Waals surface area contributed by atoms with Crippen LogP contribution < -0.4 is 19.5 Å². The molecule has 2 aliphatic carbocycles. The first-order valence-electron chi connectivity index (χ1n) is 6.51. The van der Waals surface area contributed by atoms with Crippen LogP contribution >= 0.6 is 22.7 Å². The molecule has 2 heterocycles. The highest BCUT2D eigenvalue weighted by Crippen LogP contribution is 2.23. The fourth-order valence-electron chi connectivity index (χ4n) is 2.63. The van der Waals surface area contributed by atoms with E-state index in [2.05, 4.69) is 36.4 Å². The molecule has 2 aromatic heterocycles. The van der Waals surface area contributed by atoms with Gasteiger partial charge in [-0.15, -0.1) is 22.7 Å². The molecule has 0 radical (unpaired) electrons. The molecule has 2 heteroatoms. The van der Waals surface area contributed by atoms with Crippen molar-refractivity contribution in [1.29, 1.82) is 0 Å². The molecule has 0 saturated heterocycles. The maximum absolute atomic E-state index is 2.38. The van der Waals surface area contributed by atoms with Crippen molar-refractivity contribution < 1.29 is 0 Å². The van der Waals surface area contributed by atoms with E-state index in [9.17, 15) is 0 Å². The lowest BCUT2D eigenvalue weighted by Crippen LogP contribution is -2.19. The molecule has 0 bridgehead atoms. The van der Waals surface area contributed by atoms with E-state index in [1.54, 1.807) is 0 Å². The van der Waals surface area contributed by atoms with Gasteiger partial charge in [0.05, 0.1) is 0 Å². The Labute approximate surface area is 114 Å². The fourth-order valence-corrected chi connectivity index (χ4v) is 4.96. The third kappa shape index (κ3) is 1.72. The van der Waals surface area contributed by atoms with Crippen LogP contribution in [0.25, 0.3) is 34.1 Å². The number of thiophene rings is 2. The minimum Gasteiger partial charge on any atom is -0.135 e. The second-order valence-corrected chi connectivity index (χ2v) is 7.00. The van der Waals surface area contributed by atoms with E-state index >= 15 is 0 Å². The molecule has 0 N–H and O–H groups in total. The number of hydrogen-bond acceptors (Lipinski definition) is 2. The molecule has 90 valence electrons. The van der Waals surface area contributed by atoms with E-state index in [0.29, 0.717) is 0 Å². The Morgan fingerprint density at radius 1 is 0.611 bits per heavy atom. The van der Waals surface area contributed by atoms with Gasteiger partial charge in [0.2, 0.25) is 0 Å². The monoisotopic (exact) mass is 270 g/mol. The van der Waals surface area contributed by atoms with Crippen LogP contribution in [0.2, 0.25) is 0 Å². The molecule has 4 rings (SSSR count). The highest BCUT2D eigenvalue weighted by molar-refractivity contribution is 7.20. The van der Waals surface area contributed by atoms with Gasteiger partial charge >= 0.3 is 0 Å². The largest absolute Gasteiger partial charge is 0.135 e. The highest BCUT2D eigenvalue weighted by Gasteiger charge is 2.07. The van der Waals surface area contributed by atoms with Crippen LogP contribution in [-0.4, -0.2) is 0 Å². The second-order valence-electron chi connectivity index (χ2n) is 4.83. The first kappa shape index (κ1) is 10.8. The van der Waals surface area contributed by atoms with Crippen molar-refractivity contribution in [3.05, 3.63) is 31.6 Å². The molecule has 18 heavy (non-hydrogen) atoms. The summed E-state index contributed by atoms with van der Waals surface area (Å²) in [5.41, 5.74) is 0. The molecular weight excluding hydrogens is 256 g/mol. The smallest absolute Gasteiger partial charge is 0.0455 e. The maximum Gasteiger partial charge on any atom is 0.0455 e. The Hall–Kier alpha value is -1.12. The molecule has 0 saturated carbocycles. The third-order valence-electron chi connectivity index (χ3n) is 3.55. The molecule has 2 aromatic rings. The molecule has 0 fully saturated rings. The Balaban J connectivity index is 1.94. The van der Waals surface area contributed by atoms with Crippen molar-refractivity contribution in [2.24, 2.45) is 0 Å². The zero-order valence-corrected chi connectivity index (χ0v) is 11.7. The van der Waals surface area contributed by atoms with E-state index in [1.165, 1.54) is 54.9 Å². The Morgan fingerprint density at radius 3 is 1.50 bits per heavy atom. The van der Waals surface area contributed by atoms with Crippen LogP contribution in [0.4, 0.5) is 0 Å². The summed E-state index contributed by atoms with van der Waals surface area (Å²) in [7, 11) is 0. The molecule has 0 spiro atoms. The molecule has 0 amide bonds. The van der Waals surface area contributed by atoms with Crippen molar-refractivity contribution in [3.8, 4) is 9.75 Å². The average Bonchev–Trinajstić information content (AvgIpc) is 3.02. The standard InChI is InChI=1S/C16H14S2/c1-3-7-13-11(5-1)9-15(17-13)16-10-12-6-2-4-8-14(12)18-16/h5-10H,1-4H2. The van der Waals surface area contributed by atoms with E-state index in [-0.39, 0.29) is 0 Å². The van der Waals surface area contributed by atoms with Crippen LogP contribution in [-0.2, 0) is 0 Å². The van der Waals surface area contributed by atoms with E-state index in [1.807, 2.05) is 22.7 Å². The summed E-state index contributed by atoms with van der Waals surface area (Å²) in [6, 6.07) is 4.74. The van der Waals surface area contributed by atoms with Gasteiger partial charge in [0, 0.05) is 18.8 Å². The van der Waals surface area contributed by atoms with Crippen LogP contribution in [0.5, 0.6) is 0 Å². The predicted molar refractivity (Wildman–Crippen MR) is 82.5 cm³/mol. The van der Waals surface area contributed by atoms with Gasteiger partial charge in [-0.05, 0) is 48.3 Å². The summed E-state index contributed by atoms with van der Waals surface area (Å²) in [5, 5.41) is 2.89. The van der Waals surface area contributed by atoms with Gasteiger partial charge in [0.25, 0.3) is 0 Å². The Kier molecular flexibility index (Phi) is 2.52. The average molecular weight is 270 g/mol. The minimum atomic E-state index is 1.20. The molecular formula is C16H14S2. The van der Waals surface area contributed by atoms with Crippen LogP contribution in [0.15, 0.2) is 12.1 Å². The normalized spacial score (nSPS) is 16.7. The number of hydrogen-bond donors (Lipinski definition) is 0. The highest BCUT2D eigenvalue weighted by atomic mass is 32.1. The lowest BCUT2D eigenvalue weighted by molar-refractivity contribution is 1.13. The first-order valence-corrected chi connectivity index (χ1v) is 8.14. The summed E-state index contributed by atoms with van der Waals surface area (Å²) in [5.74, 6) is 0. The van der Waals surface area contributed by atoms with Crippen molar-refractivity contribution in [2.45, 2.75) is 25.7 Å². The molecule has 0 atom stereocenters. The first-order chi connectivity index (χ1) is 8.90. The van der Waals surface area contributed by atoms with Gasteiger partial charge in [-0.3, -0.25) is 0 Å². The molecule has 0 unspecified atom stereocenters. The fraction of sp³-hybridized carbons (Fsp3) is 0.250. The number of rotatable bonds is 1. The van der Waals surface area contributed by atoms with Gasteiger partial charge in [0.1, 0.15) is 0 Å². The maximum atomic E-state index is 2.38. The van der Waals surface area contributed by atoms with Crippen molar-refractivity contribution in [3.63, 3.8) is 0 Å². The summed E-state index contributed by atoms with van der Waals surface area (Å²) >= 11 is 3.90. The predicted octanol–water partition coefficient (Wildman–Crippen LogP) is 2.19. The van der Waals surface area contributed by atoms with Crippen LogP contribution in [0.3, 0.4) is 0 Å². The summed E-state index contributed by atoms with van der Waals surface area (Å²) in [6.45, 7) is 0. The van der Waals surface area contributed by atoms with Gasteiger partial charge in [0.15, 0.2) is 0 Å². The number of fused-ring (bicyclic) bond motifs is 2. The van der Waals surface area contributed by atoms with E-state index < -0.39 is 0 Å². The second kappa shape index (κ2) is 4.22. The summed E-state index contributed by atoms with van der Waals surface area (Å²) < 4.78 is 2.94. The molecule has 0 nitrogen and oxygen atoms in total. The van der Waals surface area contributed by atoms with Crippen molar-refractivity contribution >= 4 is 47.0 Å². The zero-order chi connectivity index (χ0) is 11.9.